The second-order valence-electron chi connectivity index (χ2n) is 5.39. The van der Waals surface area contributed by atoms with Gasteiger partial charge in [0.05, 0.1) is 25.4 Å². The maximum Gasteiger partial charge on any atom is 0.204 e. The summed E-state index contributed by atoms with van der Waals surface area (Å²) in [4.78, 5) is 10.5. The van der Waals surface area contributed by atoms with Crippen LogP contribution in [0.25, 0.3) is 0 Å². The second kappa shape index (κ2) is 5.80. The molecule has 7 nitrogen and oxygen atoms in total. The van der Waals surface area contributed by atoms with Gasteiger partial charge >= 0.3 is 0 Å². The van der Waals surface area contributed by atoms with E-state index in [1.54, 1.807) is 14.2 Å². The maximum atomic E-state index is 9.39. The molecule has 7 heteroatoms. The van der Waals surface area contributed by atoms with Crippen molar-refractivity contribution in [2.75, 3.05) is 44.1 Å². The van der Waals surface area contributed by atoms with Gasteiger partial charge in [-0.15, -0.1) is 0 Å². The molecule has 1 aliphatic rings. The van der Waals surface area contributed by atoms with Gasteiger partial charge in [0.15, 0.2) is 11.6 Å². The van der Waals surface area contributed by atoms with Crippen molar-refractivity contribution in [1.29, 1.82) is 0 Å². The summed E-state index contributed by atoms with van der Waals surface area (Å²) < 4.78 is 11.2. The molecule has 1 atom stereocenters. The molecule has 0 radical (unpaired) electrons. The van der Waals surface area contributed by atoms with E-state index >= 15 is 0 Å². The molecule has 112 valence electrons. The molecule has 1 unspecified atom stereocenters. The molecule has 0 aliphatic carbocycles. The van der Waals surface area contributed by atoms with Gasteiger partial charge in [-0.3, -0.25) is 0 Å². The highest BCUT2D eigenvalue weighted by molar-refractivity contribution is 5.64. The van der Waals surface area contributed by atoms with E-state index in [1.165, 1.54) is 6.33 Å². The minimum Gasteiger partial charge on any atom is -0.490 e. The number of aliphatic hydroxyl groups is 1. The average Bonchev–Trinajstić information content (AvgIpc) is 2.44. The summed E-state index contributed by atoms with van der Waals surface area (Å²) in [5.74, 6) is 1.95. The average molecular weight is 282 g/mol. The zero-order chi connectivity index (χ0) is 14.8. The van der Waals surface area contributed by atoms with Gasteiger partial charge < -0.3 is 24.8 Å². The normalized spacial score (nSPS) is 21.6. The van der Waals surface area contributed by atoms with E-state index in [0.717, 1.165) is 0 Å². The van der Waals surface area contributed by atoms with Crippen LogP contribution in [-0.2, 0) is 4.74 Å². The standard InChI is InChI=1S/C13H22N4O3/c1-13(2)7-17(5-9(6-18)20-13)12-10(19-4)11(14-3)15-8-16-12/h8-9,18H,5-7H2,1-4H3,(H,14,15,16). The van der Waals surface area contributed by atoms with Gasteiger partial charge in [-0.05, 0) is 13.8 Å². The molecule has 1 fully saturated rings. The van der Waals surface area contributed by atoms with E-state index in [1.807, 2.05) is 13.8 Å². The third kappa shape index (κ3) is 2.94. The summed E-state index contributed by atoms with van der Waals surface area (Å²) >= 11 is 0. The van der Waals surface area contributed by atoms with Crippen LogP contribution in [0.4, 0.5) is 11.6 Å². The Morgan fingerprint density at radius 2 is 2.30 bits per heavy atom. The highest BCUT2D eigenvalue weighted by atomic mass is 16.5. The molecule has 1 aromatic rings. The monoisotopic (exact) mass is 282 g/mol. The zero-order valence-electron chi connectivity index (χ0n) is 12.4. The molecule has 0 spiro atoms. The first kappa shape index (κ1) is 14.8. The Morgan fingerprint density at radius 3 is 2.90 bits per heavy atom. The fraction of sp³-hybridized carbons (Fsp3) is 0.692. The molecule has 1 aromatic heterocycles. The van der Waals surface area contributed by atoms with Gasteiger partial charge in [-0.25, -0.2) is 9.97 Å². The molecule has 2 heterocycles. The summed E-state index contributed by atoms with van der Waals surface area (Å²) in [6.07, 6.45) is 1.26. The first-order valence-corrected chi connectivity index (χ1v) is 6.61. The summed E-state index contributed by atoms with van der Waals surface area (Å²) in [6.45, 7) is 5.20. The number of hydrogen-bond donors (Lipinski definition) is 2. The van der Waals surface area contributed by atoms with Crippen LogP contribution >= 0.6 is 0 Å². The summed E-state index contributed by atoms with van der Waals surface area (Å²) in [5, 5.41) is 12.4. The van der Waals surface area contributed by atoms with E-state index in [-0.39, 0.29) is 18.3 Å². The van der Waals surface area contributed by atoms with Gasteiger partial charge in [0.2, 0.25) is 5.75 Å². The number of ether oxygens (including phenoxy) is 2. The van der Waals surface area contributed by atoms with Crippen molar-refractivity contribution in [1.82, 2.24) is 9.97 Å². The van der Waals surface area contributed by atoms with Gasteiger partial charge in [0.1, 0.15) is 6.33 Å². The molecule has 2 rings (SSSR count). The number of rotatable bonds is 4. The predicted octanol–water partition coefficient (Wildman–Crippen LogP) is 0.503. The van der Waals surface area contributed by atoms with Crippen LogP contribution in [0.3, 0.4) is 0 Å². The minimum absolute atomic E-state index is 0.0216. The van der Waals surface area contributed by atoms with E-state index in [4.69, 9.17) is 9.47 Å². The van der Waals surface area contributed by atoms with Crippen LogP contribution in [0, 0.1) is 0 Å². The Hall–Kier alpha value is -1.60. The fourth-order valence-electron chi connectivity index (χ4n) is 2.51. The van der Waals surface area contributed by atoms with Crippen molar-refractivity contribution < 1.29 is 14.6 Å². The number of hydrogen-bond acceptors (Lipinski definition) is 7. The number of aliphatic hydroxyl groups excluding tert-OH is 1. The van der Waals surface area contributed by atoms with Crippen LogP contribution in [0.5, 0.6) is 5.75 Å². The Labute approximate surface area is 118 Å². The summed E-state index contributed by atoms with van der Waals surface area (Å²) in [7, 11) is 3.38. The third-order valence-corrected chi connectivity index (χ3v) is 3.21. The molecule has 0 aromatic carbocycles. The highest BCUT2D eigenvalue weighted by Crippen LogP contribution is 2.34. The number of nitrogens with one attached hydrogen (secondary N) is 1. The molecule has 1 saturated heterocycles. The third-order valence-electron chi connectivity index (χ3n) is 3.21. The van der Waals surface area contributed by atoms with Crippen molar-refractivity contribution in [2.45, 2.75) is 25.6 Å². The molecule has 0 bridgehead atoms. The Bertz CT molecular complexity index is 467. The summed E-state index contributed by atoms with van der Waals surface area (Å²) in [5.41, 5.74) is -0.360. The molecule has 1 aliphatic heterocycles. The lowest BCUT2D eigenvalue weighted by Gasteiger charge is -2.43. The highest BCUT2D eigenvalue weighted by Gasteiger charge is 2.35. The van der Waals surface area contributed by atoms with Gasteiger partial charge in [0, 0.05) is 20.1 Å². The molecule has 20 heavy (non-hydrogen) atoms. The van der Waals surface area contributed by atoms with Crippen LogP contribution in [-0.4, -0.2) is 60.6 Å². The second-order valence-corrected chi connectivity index (χ2v) is 5.39. The number of morpholine rings is 1. The summed E-state index contributed by atoms with van der Waals surface area (Å²) in [6, 6.07) is 0. The Morgan fingerprint density at radius 1 is 1.55 bits per heavy atom. The van der Waals surface area contributed by atoms with Gasteiger partial charge in [-0.1, -0.05) is 0 Å². The lowest BCUT2D eigenvalue weighted by molar-refractivity contribution is -0.101. The minimum atomic E-state index is -0.360. The number of nitrogens with zero attached hydrogens (tertiary/aromatic N) is 3. The first-order chi connectivity index (χ1) is 9.50. The number of methoxy groups -OCH3 is 1. The largest absolute Gasteiger partial charge is 0.490 e. The molecule has 2 N–H and O–H groups in total. The van der Waals surface area contributed by atoms with Gasteiger partial charge in [-0.2, -0.15) is 0 Å². The van der Waals surface area contributed by atoms with Crippen LogP contribution in [0.15, 0.2) is 6.33 Å². The van der Waals surface area contributed by atoms with E-state index < -0.39 is 0 Å². The lowest BCUT2D eigenvalue weighted by Crippen LogP contribution is -2.54. The predicted molar refractivity (Wildman–Crippen MR) is 76.4 cm³/mol. The van der Waals surface area contributed by atoms with E-state index in [9.17, 15) is 5.11 Å². The SMILES string of the molecule is CNc1ncnc(N2CC(CO)OC(C)(C)C2)c1OC. The number of aromatic nitrogens is 2. The Kier molecular flexibility index (Phi) is 4.29. The van der Waals surface area contributed by atoms with Crippen molar-refractivity contribution >= 4 is 11.6 Å². The molecular weight excluding hydrogens is 260 g/mol. The molecule has 0 saturated carbocycles. The molecular formula is C13H22N4O3. The van der Waals surface area contributed by atoms with Crippen LogP contribution in [0.1, 0.15) is 13.8 Å². The van der Waals surface area contributed by atoms with Crippen molar-refractivity contribution in [3.8, 4) is 5.75 Å². The smallest absolute Gasteiger partial charge is 0.204 e. The topological polar surface area (TPSA) is 79.7 Å². The van der Waals surface area contributed by atoms with Crippen molar-refractivity contribution in [3.05, 3.63) is 6.33 Å². The first-order valence-electron chi connectivity index (χ1n) is 6.61. The Balaban J connectivity index is 2.35. The van der Waals surface area contributed by atoms with E-state index in [2.05, 4.69) is 20.2 Å². The quantitative estimate of drug-likeness (QED) is 0.832. The van der Waals surface area contributed by atoms with Crippen molar-refractivity contribution in [2.24, 2.45) is 0 Å². The zero-order valence-corrected chi connectivity index (χ0v) is 12.4. The molecule has 0 amide bonds. The van der Waals surface area contributed by atoms with Crippen molar-refractivity contribution in [3.63, 3.8) is 0 Å². The fourth-order valence-corrected chi connectivity index (χ4v) is 2.51. The van der Waals surface area contributed by atoms with E-state index in [0.29, 0.717) is 30.5 Å². The maximum absolute atomic E-state index is 9.39. The van der Waals surface area contributed by atoms with Crippen LogP contribution < -0.4 is 15.0 Å². The van der Waals surface area contributed by atoms with Crippen LogP contribution in [0.2, 0.25) is 0 Å². The lowest BCUT2D eigenvalue weighted by atomic mass is 10.1. The number of anilines is 2. The van der Waals surface area contributed by atoms with Gasteiger partial charge in [0.25, 0.3) is 0 Å².